The standard InChI is InChI=1S/C25H24FN3O5S2/c1-17-4-6-18(7-5-17)24(31)28-12-14-29(15-13-28)25(32)23(27-22(30)21-3-2-16-35-21)36(33,34)20-10-8-19(26)9-11-20/h2-11,16,23H,12-15H2,1H3,(H,27,30)/t23-/m1/s1. The Kier molecular flexibility index (Phi) is 7.51. The number of benzene rings is 2. The summed E-state index contributed by atoms with van der Waals surface area (Å²) < 4.78 is 40.1. The molecule has 1 fully saturated rings. The van der Waals surface area contributed by atoms with E-state index in [1.807, 2.05) is 19.1 Å². The Morgan fingerprint density at radius 3 is 2.11 bits per heavy atom. The third-order valence-electron chi connectivity index (χ3n) is 5.86. The Hall–Kier alpha value is -3.57. The number of halogens is 1. The number of carbonyl (C=O) groups excluding carboxylic acids is 3. The maximum absolute atomic E-state index is 13.4. The van der Waals surface area contributed by atoms with Crippen molar-refractivity contribution in [3.63, 3.8) is 0 Å². The Labute approximate surface area is 212 Å². The highest BCUT2D eigenvalue weighted by atomic mass is 32.2. The van der Waals surface area contributed by atoms with E-state index in [9.17, 15) is 27.2 Å². The number of rotatable bonds is 6. The molecule has 1 aliphatic rings. The van der Waals surface area contributed by atoms with Gasteiger partial charge in [0.2, 0.25) is 15.2 Å². The second kappa shape index (κ2) is 10.6. The van der Waals surface area contributed by atoms with Crippen LogP contribution in [0.2, 0.25) is 0 Å². The quantitative estimate of drug-likeness (QED) is 0.495. The van der Waals surface area contributed by atoms with Gasteiger partial charge >= 0.3 is 0 Å². The summed E-state index contributed by atoms with van der Waals surface area (Å²) >= 11 is 1.11. The number of piperazine rings is 1. The smallest absolute Gasteiger partial charge is 0.262 e. The molecule has 0 aliphatic carbocycles. The summed E-state index contributed by atoms with van der Waals surface area (Å²) in [6, 6.07) is 14.4. The monoisotopic (exact) mass is 529 g/mol. The number of nitrogens with zero attached hydrogens (tertiary/aromatic N) is 2. The van der Waals surface area contributed by atoms with Gasteiger partial charge in [0.1, 0.15) is 5.82 Å². The molecule has 1 N–H and O–H groups in total. The van der Waals surface area contributed by atoms with Crippen LogP contribution in [0.5, 0.6) is 0 Å². The number of hydrogen-bond donors (Lipinski definition) is 1. The van der Waals surface area contributed by atoms with E-state index in [1.165, 1.54) is 11.0 Å². The van der Waals surface area contributed by atoms with Gasteiger partial charge in [-0.15, -0.1) is 11.3 Å². The predicted octanol–water partition coefficient (Wildman–Crippen LogP) is 2.71. The first-order chi connectivity index (χ1) is 17.2. The molecule has 1 aromatic heterocycles. The Morgan fingerprint density at radius 2 is 1.53 bits per heavy atom. The van der Waals surface area contributed by atoms with Crippen LogP contribution in [0, 0.1) is 12.7 Å². The first-order valence-corrected chi connectivity index (χ1v) is 13.6. The molecule has 1 aliphatic heterocycles. The molecule has 36 heavy (non-hydrogen) atoms. The van der Waals surface area contributed by atoms with E-state index >= 15 is 0 Å². The van der Waals surface area contributed by atoms with Crippen LogP contribution in [0.25, 0.3) is 0 Å². The Morgan fingerprint density at radius 1 is 0.917 bits per heavy atom. The van der Waals surface area contributed by atoms with Crippen LogP contribution in [0.3, 0.4) is 0 Å². The summed E-state index contributed by atoms with van der Waals surface area (Å²) in [6.45, 7) is 2.54. The number of aryl methyl sites for hydroxylation is 1. The zero-order chi connectivity index (χ0) is 25.9. The van der Waals surface area contributed by atoms with Gasteiger partial charge in [0, 0.05) is 31.7 Å². The lowest BCUT2D eigenvalue weighted by Gasteiger charge is -2.36. The van der Waals surface area contributed by atoms with Gasteiger partial charge in [-0.1, -0.05) is 23.8 Å². The molecule has 1 atom stereocenters. The van der Waals surface area contributed by atoms with Gasteiger partial charge in [0.25, 0.3) is 17.7 Å². The van der Waals surface area contributed by atoms with E-state index in [4.69, 9.17) is 0 Å². The number of carbonyl (C=O) groups is 3. The highest BCUT2D eigenvalue weighted by molar-refractivity contribution is 7.92. The lowest BCUT2D eigenvalue weighted by atomic mass is 10.1. The molecule has 4 rings (SSSR count). The van der Waals surface area contributed by atoms with Crippen LogP contribution in [-0.4, -0.2) is 67.5 Å². The van der Waals surface area contributed by atoms with Crippen LogP contribution >= 0.6 is 11.3 Å². The fourth-order valence-corrected chi connectivity index (χ4v) is 5.90. The molecule has 0 radical (unpaired) electrons. The lowest BCUT2D eigenvalue weighted by molar-refractivity contribution is -0.132. The summed E-state index contributed by atoms with van der Waals surface area (Å²) in [5.41, 5.74) is 1.56. The topological polar surface area (TPSA) is 104 Å². The van der Waals surface area contributed by atoms with Gasteiger partial charge in [0.05, 0.1) is 9.77 Å². The van der Waals surface area contributed by atoms with Crippen molar-refractivity contribution >= 4 is 38.9 Å². The maximum Gasteiger partial charge on any atom is 0.262 e. The molecule has 2 aromatic carbocycles. The zero-order valence-corrected chi connectivity index (χ0v) is 21.0. The molecule has 2 heterocycles. The molecular formula is C25H24FN3O5S2. The summed E-state index contributed by atoms with van der Waals surface area (Å²) in [5, 5.41) is 2.10. The summed E-state index contributed by atoms with van der Waals surface area (Å²) in [5.74, 6) is -2.33. The number of thiophene rings is 1. The first kappa shape index (κ1) is 25.5. The summed E-state index contributed by atoms with van der Waals surface area (Å²) in [6.07, 6.45) is 0. The second-order valence-corrected chi connectivity index (χ2v) is 11.3. The van der Waals surface area contributed by atoms with Crippen molar-refractivity contribution in [1.29, 1.82) is 0 Å². The molecule has 0 spiro atoms. The molecule has 1 saturated heterocycles. The molecule has 8 nitrogen and oxygen atoms in total. The van der Waals surface area contributed by atoms with Gasteiger partial charge in [-0.05, 0) is 54.8 Å². The molecule has 0 bridgehead atoms. The van der Waals surface area contributed by atoms with Crippen LogP contribution in [-0.2, 0) is 14.6 Å². The SMILES string of the molecule is Cc1ccc(C(=O)N2CCN(C(=O)[C@H](NC(=O)c3cccs3)S(=O)(=O)c3ccc(F)cc3)CC2)cc1. The molecule has 0 unspecified atom stereocenters. The van der Waals surface area contributed by atoms with E-state index in [0.29, 0.717) is 5.56 Å². The van der Waals surface area contributed by atoms with Crippen molar-refractivity contribution in [2.24, 2.45) is 0 Å². The van der Waals surface area contributed by atoms with Gasteiger partial charge < -0.3 is 15.1 Å². The largest absolute Gasteiger partial charge is 0.336 e. The highest BCUT2D eigenvalue weighted by Gasteiger charge is 2.39. The lowest BCUT2D eigenvalue weighted by Crippen LogP contribution is -2.57. The van der Waals surface area contributed by atoms with Crippen molar-refractivity contribution in [1.82, 2.24) is 15.1 Å². The molecule has 0 saturated carbocycles. The van der Waals surface area contributed by atoms with Crippen LogP contribution in [0.4, 0.5) is 4.39 Å². The van der Waals surface area contributed by atoms with E-state index in [-0.39, 0.29) is 41.9 Å². The van der Waals surface area contributed by atoms with Crippen LogP contribution in [0.1, 0.15) is 25.6 Å². The van der Waals surface area contributed by atoms with Crippen molar-refractivity contribution in [3.8, 4) is 0 Å². The average molecular weight is 530 g/mol. The van der Waals surface area contributed by atoms with Crippen molar-refractivity contribution in [3.05, 3.63) is 87.9 Å². The first-order valence-electron chi connectivity index (χ1n) is 11.2. The molecule has 3 amide bonds. The van der Waals surface area contributed by atoms with Gasteiger partial charge in [0.15, 0.2) is 0 Å². The maximum atomic E-state index is 13.4. The van der Waals surface area contributed by atoms with Gasteiger partial charge in [-0.3, -0.25) is 14.4 Å². The number of hydrogen-bond acceptors (Lipinski definition) is 6. The van der Waals surface area contributed by atoms with Crippen molar-refractivity contribution < 1.29 is 27.2 Å². The molecular weight excluding hydrogens is 505 g/mol. The van der Waals surface area contributed by atoms with E-state index < -0.39 is 32.8 Å². The van der Waals surface area contributed by atoms with Crippen molar-refractivity contribution in [2.75, 3.05) is 26.2 Å². The minimum absolute atomic E-state index is 0.0980. The van der Waals surface area contributed by atoms with E-state index in [2.05, 4.69) is 5.32 Å². The minimum Gasteiger partial charge on any atom is -0.336 e. The summed E-state index contributed by atoms with van der Waals surface area (Å²) in [4.78, 5) is 41.8. The number of sulfone groups is 1. The molecule has 3 aromatic rings. The summed E-state index contributed by atoms with van der Waals surface area (Å²) in [7, 11) is -4.40. The third-order valence-corrected chi connectivity index (χ3v) is 8.60. The van der Waals surface area contributed by atoms with E-state index in [0.717, 1.165) is 41.2 Å². The van der Waals surface area contributed by atoms with Gasteiger partial charge in [-0.2, -0.15) is 0 Å². The number of nitrogens with one attached hydrogen (secondary N) is 1. The van der Waals surface area contributed by atoms with Crippen molar-refractivity contribution in [2.45, 2.75) is 17.2 Å². The third kappa shape index (κ3) is 5.47. The Bertz CT molecular complexity index is 1350. The highest BCUT2D eigenvalue weighted by Crippen LogP contribution is 2.20. The van der Waals surface area contributed by atoms with E-state index in [1.54, 1.807) is 28.5 Å². The number of amides is 3. The Balaban J connectivity index is 1.53. The fourth-order valence-electron chi connectivity index (χ4n) is 3.80. The predicted molar refractivity (Wildman–Crippen MR) is 133 cm³/mol. The van der Waals surface area contributed by atoms with Crippen LogP contribution in [0.15, 0.2) is 70.9 Å². The van der Waals surface area contributed by atoms with Crippen LogP contribution < -0.4 is 5.32 Å². The second-order valence-electron chi connectivity index (χ2n) is 8.31. The average Bonchev–Trinajstić information content (AvgIpc) is 3.42. The fraction of sp³-hybridized carbons (Fsp3) is 0.240. The molecule has 188 valence electrons. The minimum atomic E-state index is -4.40. The normalized spacial score (nSPS) is 14.8. The molecule has 11 heteroatoms. The van der Waals surface area contributed by atoms with Gasteiger partial charge in [-0.25, -0.2) is 12.8 Å². The zero-order valence-electron chi connectivity index (χ0n) is 19.4.